The monoisotopic (exact) mass is 197 g/mol. The van der Waals surface area contributed by atoms with Crippen molar-refractivity contribution in [1.29, 1.82) is 0 Å². The molecule has 0 saturated heterocycles. The van der Waals surface area contributed by atoms with Gasteiger partial charge in [-0.2, -0.15) is 0 Å². The minimum Gasteiger partial charge on any atom is -0.391 e. The largest absolute Gasteiger partial charge is 0.391 e. The van der Waals surface area contributed by atoms with Gasteiger partial charge in [-0.15, -0.1) is 0 Å². The van der Waals surface area contributed by atoms with Crippen LogP contribution < -0.4 is 0 Å². The highest BCUT2D eigenvalue weighted by Gasteiger charge is 2.33. The zero-order chi connectivity index (χ0) is 9.97. The molecule has 82 valence electrons. The van der Waals surface area contributed by atoms with Crippen LogP contribution in [0.25, 0.3) is 0 Å². The van der Waals surface area contributed by atoms with E-state index in [2.05, 4.69) is 11.8 Å². The summed E-state index contributed by atoms with van der Waals surface area (Å²) in [7, 11) is 0. The summed E-state index contributed by atoms with van der Waals surface area (Å²) in [6.45, 7) is 4.66. The Morgan fingerprint density at radius 2 is 2.00 bits per heavy atom. The maximum absolute atomic E-state index is 9.88. The van der Waals surface area contributed by atoms with E-state index in [0.29, 0.717) is 6.04 Å². The van der Waals surface area contributed by atoms with Crippen LogP contribution in [0.1, 0.15) is 45.4 Å². The predicted octanol–water partition coefficient (Wildman–Crippen LogP) is 2.02. The minimum absolute atomic E-state index is 0.0414. The summed E-state index contributed by atoms with van der Waals surface area (Å²) in [5.41, 5.74) is 0. The van der Waals surface area contributed by atoms with E-state index in [9.17, 15) is 5.11 Å². The first-order valence-corrected chi connectivity index (χ1v) is 6.23. The van der Waals surface area contributed by atoms with Crippen LogP contribution >= 0.6 is 0 Å². The van der Waals surface area contributed by atoms with Crippen molar-refractivity contribution in [2.75, 3.05) is 13.1 Å². The van der Waals surface area contributed by atoms with Crippen molar-refractivity contribution in [2.24, 2.45) is 5.92 Å². The molecule has 2 atom stereocenters. The lowest BCUT2D eigenvalue weighted by Crippen LogP contribution is -2.42. The van der Waals surface area contributed by atoms with Crippen LogP contribution in [0.4, 0.5) is 0 Å². The van der Waals surface area contributed by atoms with Crippen molar-refractivity contribution < 1.29 is 5.11 Å². The normalized spacial score (nSPS) is 32.8. The first-order valence-electron chi connectivity index (χ1n) is 6.23. The zero-order valence-electron chi connectivity index (χ0n) is 9.28. The van der Waals surface area contributed by atoms with E-state index < -0.39 is 0 Å². The lowest BCUT2D eigenvalue weighted by molar-refractivity contribution is 0.0676. The average molecular weight is 197 g/mol. The molecule has 2 saturated carbocycles. The molecule has 1 N–H and O–H groups in total. The van der Waals surface area contributed by atoms with E-state index in [1.165, 1.54) is 45.2 Å². The Bertz CT molecular complexity index is 179. The molecular weight excluding hydrogens is 174 g/mol. The maximum Gasteiger partial charge on any atom is 0.0695 e. The summed E-state index contributed by atoms with van der Waals surface area (Å²) < 4.78 is 0. The molecule has 0 spiro atoms. The average Bonchev–Trinajstić information content (AvgIpc) is 2.87. The smallest absolute Gasteiger partial charge is 0.0695 e. The van der Waals surface area contributed by atoms with Crippen LogP contribution in [0.5, 0.6) is 0 Å². The third-order valence-electron chi connectivity index (χ3n) is 3.61. The van der Waals surface area contributed by atoms with E-state index in [1.54, 1.807) is 0 Å². The Morgan fingerprint density at radius 3 is 2.50 bits per heavy atom. The molecule has 0 amide bonds. The Labute approximate surface area is 87.3 Å². The fraction of sp³-hybridized carbons (Fsp3) is 1.00. The minimum atomic E-state index is -0.0414. The van der Waals surface area contributed by atoms with Crippen LogP contribution in [0.3, 0.4) is 0 Å². The molecule has 0 aromatic heterocycles. The number of aliphatic hydroxyl groups is 1. The second-order valence-corrected chi connectivity index (χ2v) is 5.00. The van der Waals surface area contributed by atoms with E-state index in [4.69, 9.17) is 0 Å². The third-order valence-corrected chi connectivity index (χ3v) is 3.61. The molecule has 0 radical (unpaired) electrons. The zero-order valence-corrected chi connectivity index (χ0v) is 9.28. The Morgan fingerprint density at radius 1 is 1.21 bits per heavy atom. The fourth-order valence-electron chi connectivity index (χ4n) is 2.66. The summed E-state index contributed by atoms with van der Waals surface area (Å²) in [6.07, 6.45) is 7.47. The van der Waals surface area contributed by atoms with Gasteiger partial charge in [-0.25, -0.2) is 0 Å². The molecule has 2 aliphatic rings. The van der Waals surface area contributed by atoms with E-state index in [0.717, 1.165) is 12.3 Å². The highest BCUT2D eigenvalue weighted by atomic mass is 16.3. The second kappa shape index (κ2) is 4.63. The molecule has 0 aliphatic heterocycles. The molecule has 2 nitrogen and oxygen atoms in total. The van der Waals surface area contributed by atoms with E-state index in [-0.39, 0.29) is 6.10 Å². The first-order chi connectivity index (χ1) is 6.81. The van der Waals surface area contributed by atoms with Crippen molar-refractivity contribution in [1.82, 2.24) is 4.90 Å². The number of hydrogen-bond donors (Lipinski definition) is 1. The van der Waals surface area contributed by atoms with E-state index in [1.807, 2.05) is 0 Å². The van der Waals surface area contributed by atoms with Gasteiger partial charge in [0, 0.05) is 12.6 Å². The standard InChI is InChI=1S/C12H23NO/c1-2-8-13(9-10-6-7-10)11-4-3-5-12(11)14/h10-12,14H,2-9H2,1H3. The molecular formula is C12H23NO. The lowest BCUT2D eigenvalue weighted by atomic mass is 10.1. The molecule has 0 aromatic carbocycles. The van der Waals surface area contributed by atoms with Crippen molar-refractivity contribution in [3.8, 4) is 0 Å². The van der Waals surface area contributed by atoms with Crippen LogP contribution in [-0.4, -0.2) is 35.2 Å². The highest BCUT2D eigenvalue weighted by molar-refractivity contribution is 4.88. The Kier molecular flexibility index (Phi) is 3.45. The van der Waals surface area contributed by atoms with Gasteiger partial charge in [0.05, 0.1) is 6.10 Å². The van der Waals surface area contributed by atoms with Gasteiger partial charge in [0.2, 0.25) is 0 Å². The van der Waals surface area contributed by atoms with Crippen LogP contribution in [0.15, 0.2) is 0 Å². The highest BCUT2D eigenvalue weighted by Crippen LogP contribution is 2.33. The van der Waals surface area contributed by atoms with Crippen molar-refractivity contribution in [2.45, 2.75) is 57.6 Å². The van der Waals surface area contributed by atoms with Gasteiger partial charge < -0.3 is 5.11 Å². The number of aliphatic hydroxyl groups excluding tert-OH is 1. The van der Waals surface area contributed by atoms with Gasteiger partial charge in [0.25, 0.3) is 0 Å². The molecule has 0 aromatic rings. The fourth-order valence-corrected chi connectivity index (χ4v) is 2.66. The molecule has 0 bridgehead atoms. The second-order valence-electron chi connectivity index (χ2n) is 5.00. The first kappa shape index (κ1) is 10.4. The van der Waals surface area contributed by atoms with Crippen LogP contribution in [-0.2, 0) is 0 Å². The molecule has 2 aliphatic carbocycles. The number of rotatable bonds is 5. The third kappa shape index (κ3) is 2.48. The SMILES string of the molecule is CCCN(CC1CC1)C1CCCC1O. The van der Waals surface area contributed by atoms with Crippen molar-refractivity contribution >= 4 is 0 Å². The molecule has 2 unspecified atom stereocenters. The van der Waals surface area contributed by atoms with Crippen LogP contribution in [0, 0.1) is 5.92 Å². The molecule has 14 heavy (non-hydrogen) atoms. The summed E-state index contributed by atoms with van der Waals surface area (Å²) in [5, 5.41) is 9.88. The topological polar surface area (TPSA) is 23.5 Å². The molecule has 2 rings (SSSR count). The summed E-state index contributed by atoms with van der Waals surface area (Å²) in [6, 6.07) is 0.482. The number of nitrogens with zero attached hydrogens (tertiary/aromatic N) is 1. The van der Waals surface area contributed by atoms with Gasteiger partial charge in [-0.1, -0.05) is 6.92 Å². The van der Waals surface area contributed by atoms with E-state index >= 15 is 0 Å². The molecule has 0 heterocycles. The van der Waals surface area contributed by atoms with Crippen LogP contribution in [0.2, 0.25) is 0 Å². The van der Waals surface area contributed by atoms with Gasteiger partial charge in [0.1, 0.15) is 0 Å². The quantitative estimate of drug-likeness (QED) is 0.729. The molecule has 2 heteroatoms. The summed E-state index contributed by atoms with van der Waals surface area (Å²) >= 11 is 0. The number of hydrogen-bond acceptors (Lipinski definition) is 2. The Hall–Kier alpha value is -0.0800. The summed E-state index contributed by atoms with van der Waals surface area (Å²) in [5.74, 6) is 0.953. The maximum atomic E-state index is 9.88. The van der Waals surface area contributed by atoms with Gasteiger partial charge in [-0.05, 0) is 51.0 Å². The molecule has 2 fully saturated rings. The summed E-state index contributed by atoms with van der Waals surface area (Å²) in [4.78, 5) is 2.55. The van der Waals surface area contributed by atoms with Gasteiger partial charge in [-0.3, -0.25) is 4.90 Å². The lowest BCUT2D eigenvalue weighted by Gasteiger charge is -2.30. The van der Waals surface area contributed by atoms with Crippen molar-refractivity contribution in [3.05, 3.63) is 0 Å². The van der Waals surface area contributed by atoms with Gasteiger partial charge in [0.15, 0.2) is 0 Å². The predicted molar refractivity (Wildman–Crippen MR) is 58.2 cm³/mol. The Balaban J connectivity index is 1.86. The van der Waals surface area contributed by atoms with Crippen molar-refractivity contribution in [3.63, 3.8) is 0 Å². The van der Waals surface area contributed by atoms with Gasteiger partial charge >= 0.3 is 0 Å².